The molecule has 0 atom stereocenters. The van der Waals surface area contributed by atoms with Crippen molar-refractivity contribution >= 4 is 23.4 Å². The number of halogens is 1. The minimum atomic E-state index is 0.0915. The van der Waals surface area contributed by atoms with E-state index >= 15 is 0 Å². The minimum absolute atomic E-state index is 0.0915. The van der Waals surface area contributed by atoms with E-state index in [0.29, 0.717) is 44.0 Å². The molecule has 2 amide bonds. The third-order valence-corrected chi connectivity index (χ3v) is 4.51. The maximum absolute atomic E-state index is 12.4. The van der Waals surface area contributed by atoms with Gasteiger partial charge in [0.25, 0.3) is 0 Å². The van der Waals surface area contributed by atoms with Crippen molar-refractivity contribution in [3.8, 4) is 0 Å². The predicted molar refractivity (Wildman–Crippen MR) is 92.8 cm³/mol. The van der Waals surface area contributed by atoms with Crippen molar-refractivity contribution in [2.24, 2.45) is 0 Å². The second-order valence-electron chi connectivity index (χ2n) is 5.94. The molecule has 6 heteroatoms. The lowest BCUT2D eigenvalue weighted by atomic mass is 10.1. The molecule has 126 valence electrons. The third kappa shape index (κ3) is 4.17. The van der Waals surface area contributed by atoms with Gasteiger partial charge in [-0.2, -0.15) is 0 Å². The molecule has 3 rings (SSSR count). The number of nitrogens with one attached hydrogen (secondary N) is 1. The zero-order valence-corrected chi connectivity index (χ0v) is 14.1. The summed E-state index contributed by atoms with van der Waals surface area (Å²) in [5.74, 6) is 0.191. The van der Waals surface area contributed by atoms with Crippen molar-refractivity contribution in [2.75, 3.05) is 26.2 Å². The molecule has 0 bridgehead atoms. The number of carbonyl (C=O) groups excluding carboxylic acids is 2. The Hall–Kier alpha value is -2.27. The molecule has 1 aliphatic heterocycles. The van der Waals surface area contributed by atoms with E-state index in [-0.39, 0.29) is 11.8 Å². The van der Waals surface area contributed by atoms with Gasteiger partial charge in [0.05, 0.1) is 12.8 Å². The highest BCUT2D eigenvalue weighted by Crippen LogP contribution is 2.12. The van der Waals surface area contributed by atoms with E-state index in [1.54, 1.807) is 12.1 Å². The molecule has 24 heavy (non-hydrogen) atoms. The standard InChI is InChI=1S/C18H20ClN3O2/c19-15-5-3-14(4-6-15)12-17(23)21-8-10-22(11-9-21)18(24)13-16-2-1-7-20-16/h1-7,20H,8-13H2. The molecule has 0 saturated carbocycles. The molecule has 0 unspecified atom stereocenters. The summed E-state index contributed by atoms with van der Waals surface area (Å²) < 4.78 is 0. The van der Waals surface area contributed by atoms with Crippen LogP contribution in [-0.4, -0.2) is 52.8 Å². The first kappa shape index (κ1) is 16.6. The molecule has 1 fully saturated rings. The van der Waals surface area contributed by atoms with Crippen LogP contribution in [0.15, 0.2) is 42.6 Å². The van der Waals surface area contributed by atoms with Gasteiger partial charge in [0.1, 0.15) is 0 Å². The molecule has 0 radical (unpaired) electrons. The van der Waals surface area contributed by atoms with Crippen LogP contribution in [-0.2, 0) is 22.4 Å². The van der Waals surface area contributed by atoms with Gasteiger partial charge in [-0.3, -0.25) is 9.59 Å². The summed E-state index contributed by atoms with van der Waals surface area (Å²) in [5.41, 5.74) is 1.87. The molecule has 1 aromatic heterocycles. The number of aromatic nitrogens is 1. The van der Waals surface area contributed by atoms with Crippen LogP contribution in [0.2, 0.25) is 5.02 Å². The summed E-state index contributed by atoms with van der Waals surface area (Å²) in [6, 6.07) is 11.1. The van der Waals surface area contributed by atoms with E-state index in [9.17, 15) is 9.59 Å². The maximum Gasteiger partial charge on any atom is 0.228 e. The lowest BCUT2D eigenvalue weighted by molar-refractivity contribution is -0.138. The molecule has 1 aliphatic rings. The van der Waals surface area contributed by atoms with E-state index in [1.165, 1.54) is 0 Å². The second kappa shape index (κ2) is 7.53. The van der Waals surface area contributed by atoms with Crippen LogP contribution < -0.4 is 0 Å². The average molecular weight is 346 g/mol. The van der Waals surface area contributed by atoms with Crippen LogP contribution in [0.25, 0.3) is 0 Å². The molecular weight excluding hydrogens is 326 g/mol. The summed E-state index contributed by atoms with van der Waals surface area (Å²) in [6.07, 6.45) is 2.56. The number of amides is 2. The molecule has 0 aliphatic carbocycles. The molecule has 0 spiro atoms. The average Bonchev–Trinajstić information content (AvgIpc) is 3.10. The number of hydrogen-bond donors (Lipinski definition) is 1. The van der Waals surface area contributed by atoms with Crippen molar-refractivity contribution in [1.29, 1.82) is 0 Å². The summed E-state index contributed by atoms with van der Waals surface area (Å²) in [4.78, 5) is 31.3. The number of H-pyrrole nitrogens is 1. The SMILES string of the molecule is O=C(Cc1ccc(Cl)cc1)N1CCN(C(=O)Cc2ccc[nH]2)CC1. The van der Waals surface area contributed by atoms with Crippen LogP contribution in [0, 0.1) is 0 Å². The van der Waals surface area contributed by atoms with Crippen LogP contribution >= 0.6 is 11.6 Å². The van der Waals surface area contributed by atoms with Gasteiger partial charge in [-0.15, -0.1) is 0 Å². The maximum atomic E-state index is 12.4. The Labute approximate surface area is 146 Å². The number of rotatable bonds is 4. The molecule has 2 aromatic rings. The Morgan fingerprint density at radius 3 is 2.04 bits per heavy atom. The van der Waals surface area contributed by atoms with Crippen LogP contribution in [0.5, 0.6) is 0 Å². The van der Waals surface area contributed by atoms with Gasteiger partial charge in [-0.25, -0.2) is 0 Å². The largest absolute Gasteiger partial charge is 0.365 e. The summed E-state index contributed by atoms with van der Waals surface area (Å²) >= 11 is 5.86. The summed E-state index contributed by atoms with van der Waals surface area (Å²) in [7, 11) is 0. The predicted octanol–water partition coefficient (Wildman–Crippen LogP) is 2.12. The number of nitrogens with zero attached hydrogens (tertiary/aromatic N) is 2. The Morgan fingerprint density at radius 2 is 1.50 bits per heavy atom. The number of piperazine rings is 1. The van der Waals surface area contributed by atoms with E-state index in [4.69, 9.17) is 11.6 Å². The second-order valence-corrected chi connectivity index (χ2v) is 6.37. The van der Waals surface area contributed by atoms with E-state index in [0.717, 1.165) is 11.3 Å². The number of aromatic amines is 1. The van der Waals surface area contributed by atoms with Gasteiger partial charge >= 0.3 is 0 Å². The number of benzene rings is 1. The first-order valence-electron chi connectivity index (χ1n) is 8.04. The Kier molecular flexibility index (Phi) is 5.20. The molecule has 1 saturated heterocycles. The third-order valence-electron chi connectivity index (χ3n) is 4.26. The summed E-state index contributed by atoms with van der Waals surface area (Å²) in [6.45, 7) is 2.35. The van der Waals surface area contributed by atoms with Crippen molar-refractivity contribution in [2.45, 2.75) is 12.8 Å². The zero-order valence-electron chi connectivity index (χ0n) is 13.4. The molecule has 1 aromatic carbocycles. The highest BCUT2D eigenvalue weighted by atomic mass is 35.5. The van der Waals surface area contributed by atoms with E-state index in [1.807, 2.05) is 40.3 Å². The Bertz CT molecular complexity index is 690. The fourth-order valence-corrected chi connectivity index (χ4v) is 2.97. The smallest absolute Gasteiger partial charge is 0.228 e. The Balaban J connectivity index is 1.48. The topological polar surface area (TPSA) is 56.4 Å². The first-order valence-corrected chi connectivity index (χ1v) is 8.42. The van der Waals surface area contributed by atoms with Gasteiger partial charge in [0.15, 0.2) is 0 Å². The fourth-order valence-electron chi connectivity index (χ4n) is 2.85. The lowest BCUT2D eigenvalue weighted by Gasteiger charge is -2.35. The van der Waals surface area contributed by atoms with Crippen LogP contribution in [0.1, 0.15) is 11.3 Å². The zero-order chi connectivity index (χ0) is 16.9. The van der Waals surface area contributed by atoms with E-state index < -0.39 is 0 Å². The molecule has 2 heterocycles. The van der Waals surface area contributed by atoms with Gasteiger partial charge in [0.2, 0.25) is 11.8 Å². The van der Waals surface area contributed by atoms with Crippen molar-refractivity contribution < 1.29 is 9.59 Å². The molecule has 1 N–H and O–H groups in total. The van der Waals surface area contributed by atoms with Gasteiger partial charge < -0.3 is 14.8 Å². The van der Waals surface area contributed by atoms with Crippen molar-refractivity contribution in [3.63, 3.8) is 0 Å². The first-order chi connectivity index (χ1) is 11.6. The normalized spacial score (nSPS) is 14.7. The van der Waals surface area contributed by atoms with Crippen molar-refractivity contribution in [1.82, 2.24) is 14.8 Å². The minimum Gasteiger partial charge on any atom is -0.365 e. The molecule has 5 nitrogen and oxygen atoms in total. The van der Waals surface area contributed by atoms with Crippen LogP contribution in [0.4, 0.5) is 0 Å². The molecular formula is C18H20ClN3O2. The van der Waals surface area contributed by atoms with Gasteiger partial charge in [-0.05, 0) is 29.8 Å². The fraction of sp³-hybridized carbons (Fsp3) is 0.333. The number of hydrogen-bond acceptors (Lipinski definition) is 2. The quantitative estimate of drug-likeness (QED) is 0.922. The Morgan fingerprint density at radius 1 is 0.917 bits per heavy atom. The summed E-state index contributed by atoms with van der Waals surface area (Å²) in [5, 5.41) is 0.667. The highest BCUT2D eigenvalue weighted by Gasteiger charge is 2.24. The monoisotopic (exact) mass is 345 g/mol. The highest BCUT2D eigenvalue weighted by molar-refractivity contribution is 6.30. The number of carbonyl (C=O) groups is 2. The van der Waals surface area contributed by atoms with Gasteiger partial charge in [0, 0.05) is 43.1 Å². The van der Waals surface area contributed by atoms with Gasteiger partial charge in [-0.1, -0.05) is 23.7 Å². The van der Waals surface area contributed by atoms with Crippen LogP contribution in [0.3, 0.4) is 0 Å². The van der Waals surface area contributed by atoms with E-state index in [2.05, 4.69) is 4.98 Å². The lowest BCUT2D eigenvalue weighted by Crippen LogP contribution is -2.51. The van der Waals surface area contributed by atoms with Crippen molar-refractivity contribution in [3.05, 3.63) is 58.9 Å².